The lowest BCUT2D eigenvalue weighted by Gasteiger charge is -2.17. The maximum Gasteiger partial charge on any atom is 0.320 e. The van der Waals surface area contributed by atoms with Crippen LogP contribution < -0.4 is 25.7 Å². The molecule has 3 aromatic carbocycles. The molecule has 50 heavy (non-hydrogen) atoms. The molecule has 0 bridgehead atoms. The number of aliphatic hydroxyl groups is 1. The van der Waals surface area contributed by atoms with Crippen LogP contribution in [-0.4, -0.2) is 45.0 Å². The summed E-state index contributed by atoms with van der Waals surface area (Å²) in [7, 11) is 0. The van der Waals surface area contributed by atoms with E-state index in [1.807, 2.05) is 79.9 Å². The summed E-state index contributed by atoms with van der Waals surface area (Å²) in [6, 6.07) is 26.1. The van der Waals surface area contributed by atoms with Gasteiger partial charge in [0.25, 0.3) is 5.56 Å². The zero-order chi connectivity index (χ0) is 35.8. The van der Waals surface area contributed by atoms with Crippen molar-refractivity contribution in [2.24, 2.45) is 0 Å². The van der Waals surface area contributed by atoms with Gasteiger partial charge in [0.05, 0.1) is 24.5 Å². The molecule has 0 aliphatic rings. The second kappa shape index (κ2) is 16.3. The molecule has 0 saturated carbocycles. The van der Waals surface area contributed by atoms with Crippen LogP contribution in [0.15, 0.2) is 94.6 Å². The van der Waals surface area contributed by atoms with Crippen LogP contribution in [0.5, 0.6) is 11.5 Å². The second-order valence-corrected chi connectivity index (χ2v) is 13.9. The molecule has 0 saturated heterocycles. The number of halogens is 1. The Bertz CT molecular complexity index is 2020. The molecule has 0 aliphatic carbocycles. The van der Waals surface area contributed by atoms with Crippen LogP contribution in [-0.2, 0) is 25.1 Å². The van der Waals surface area contributed by atoms with E-state index in [2.05, 4.69) is 31.4 Å². The highest BCUT2D eigenvalue weighted by Gasteiger charge is 2.22. The molecular formula is C38H42ClN5O5S. The Morgan fingerprint density at radius 3 is 2.40 bits per heavy atom. The van der Waals surface area contributed by atoms with Gasteiger partial charge >= 0.3 is 6.03 Å². The van der Waals surface area contributed by atoms with E-state index in [-0.39, 0.29) is 42.4 Å². The van der Waals surface area contributed by atoms with Gasteiger partial charge in [-0.15, -0.1) is 11.8 Å². The van der Waals surface area contributed by atoms with E-state index < -0.39 is 6.03 Å². The molecule has 2 heterocycles. The zero-order valence-electron chi connectivity index (χ0n) is 28.8. The van der Waals surface area contributed by atoms with Crippen LogP contribution in [0, 0.1) is 6.92 Å². The number of carbonyl (C=O) groups is 1. The van der Waals surface area contributed by atoms with E-state index in [0.717, 1.165) is 33.0 Å². The van der Waals surface area contributed by atoms with Crippen LogP contribution in [0.25, 0.3) is 5.69 Å². The summed E-state index contributed by atoms with van der Waals surface area (Å²) in [6.07, 6.45) is 2.01. The minimum Gasteiger partial charge on any atom is -0.491 e. The molecule has 5 aromatic rings. The van der Waals surface area contributed by atoms with E-state index >= 15 is 0 Å². The number of anilines is 1. The lowest BCUT2D eigenvalue weighted by molar-refractivity contribution is 0.201. The van der Waals surface area contributed by atoms with E-state index in [4.69, 9.17) is 31.3 Å². The van der Waals surface area contributed by atoms with E-state index in [1.54, 1.807) is 39.2 Å². The number of carbonyl (C=O) groups excluding carboxylic acids is 1. The molecule has 10 nitrogen and oxygen atoms in total. The number of benzene rings is 3. The van der Waals surface area contributed by atoms with Crippen LogP contribution in [0.3, 0.4) is 0 Å². The number of thioether (sulfide) groups is 1. The van der Waals surface area contributed by atoms with Gasteiger partial charge in [-0.25, -0.2) is 9.48 Å². The van der Waals surface area contributed by atoms with Gasteiger partial charge in [0.2, 0.25) is 0 Å². The number of aryl methyl sites for hydroxylation is 1. The van der Waals surface area contributed by atoms with Gasteiger partial charge in [-0.2, -0.15) is 5.10 Å². The molecule has 3 N–H and O–H groups in total. The van der Waals surface area contributed by atoms with Gasteiger partial charge in [-0.1, -0.05) is 80.9 Å². The highest BCUT2D eigenvalue weighted by molar-refractivity contribution is 7.98. The lowest BCUT2D eigenvalue weighted by atomic mass is 9.92. The molecule has 0 atom stereocenters. The Morgan fingerprint density at radius 2 is 1.68 bits per heavy atom. The molecular weight excluding hydrogens is 674 g/mol. The van der Waals surface area contributed by atoms with Crippen LogP contribution in [0.2, 0.25) is 5.02 Å². The minimum absolute atomic E-state index is 0.0175. The molecule has 5 rings (SSSR count). The number of hydrogen-bond donors (Lipinski definition) is 3. The number of aliphatic hydroxyl groups excluding tert-OH is 1. The molecule has 0 fully saturated rings. The van der Waals surface area contributed by atoms with Gasteiger partial charge in [0.15, 0.2) is 0 Å². The average Bonchev–Trinajstić information content (AvgIpc) is 3.54. The summed E-state index contributed by atoms with van der Waals surface area (Å²) in [6.45, 7) is 8.85. The van der Waals surface area contributed by atoms with Crippen molar-refractivity contribution in [2.75, 3.05) is 24.8 Å². The lowest BCUT2D eigenvalue weighted by Crippen LogP contribution is -2.29. The monoisotopic (exact) mass is 715 g/mol. The normalized spacial score (nSPS) is 11.3. The first-order valence-corrected chi connectivity index (χ1v) is 17.8. The Morgan fingerprint density at radius 1 is 0.960 bits per heavy atom. The van der Waals surface area contributed by atoms with E-state index in [0.29, 0.717) is 29.5 Å². The fraction of sp³-hybridized carbons (Fsp3) is 0.289. The standard InChI is InChI=1S/C38H42ClN5O5S/c1-25-19-31(35(39)36(46)43(25)23-27-12-8-9-16-32(27)50-5)49-24-28-13-7-6-11-26(28)22-40-37(47)41-34-21-33(38(2,3)4)42-44(34)29-14-10-15-30(20-29)48-18-17-45/h6-16,19-21,45H,17-18,22-24H2,1-5H3,(H2,40,41,47). The fourth-order valence-electron chi connectivity index (χ4n) is 5.28. The maximum absolute atomic E-state index is 13.3. The number of rotatable bonds is 13. The number of amides is 2. The SMILES string of the molecule is CSc1ccccc1Cn1c(C)cc(OCc2ccccc2CNC(=O)Nc2cc(C(C)(C)C)nn2-c2cccc(OCCO)c2)c(Cl)c1=O. The zero-order valence-corrected chi connectivity index (χ0v) is 30.4. The number of nitrogens with one attached hydrogen (secondary N) is 2. The van der Waals surface area contributed by atoms with Crippen molar-refractivity contribution < 1.29 is 19.4 Å². The Balaban J connectivity index is 1.28. The molecule has 262 valence electrons. The number of aromatic nitrogens is 3. The van der Waals surface area contributed by atoms with Gasteiger partial charge in [-0.3, -0.25) is 10.1 Å². The number of hydrogen-bond acceptors (Lipinski definition) is 7. The Hall–Kier alpha value is -4.71. The van der Waals surface area contributed by atoms with Crippen LogP contribution in [0.1, 0.15) is 48.8 Å². The minimum atomic E-state index is -0.416. The molecule has 0 radical (unpaired) electrons. The number of urea groups is 1. The predicted octanol–water partition coefficient (Wildman–Crippen LogP) is 7.34. The molecule has 0 spiro atoms. The third kappa shape index (κ3) is 8.90. The van der Waals surface area contributed by atoms with Crippen molar-refractivity contribution >= 4 is 35.2 Å². The first-order valence-electron chi connectivity index (χ1n) is 16.2. The molecule has 0 aliphatic heterocycles. The Labute approximate surface area is 301 Å². The quantitative estimate of drug-likeness (QED) is 0.109. The number of ether oxygens (including phenoxy) is 2. The average molecular weight is 716 g/mol. The second-order valence-electron chi connectivity index (χ2n) is 12.7. The molecule has 2 amide bonds. The fourth-order valence-corrected chi connectivity index (χ4v) is 6.11. The van der Waals surface area contributed by atoms with E-state index in [9.17, 15) is 9.59 Å². The number of nitrogens with zero attached hydrogens (tertiary/aromatic N) is 3. The first-order chi connectivity index (χ1) is 24.0. The van der Waals surface area contributed by atoms with Crippen molar-refractivity contribution in [1.82, 2.24) is 19.7 Å². The highest BCUT2D eigenvalue weighted by atomic mass is 35.5. The summed E-state index contributed by atoms with van der Waals surface area (Å²) in [5.41, 5.74) is 4.35. The summed E-state index contributed by atoms with van der Waals surface area (Å²) in [4.78, 5) is 27.7. The van der Waals surface area contributed by atoms with Crippen molar-refractivity contribution in [1.29, 1.82) is 0 Å². The largest absolute Gasteiger partial charge is 0.491 e. The van der Waals surface area contributed by atoms with E-state index in [1.165, 1.54) is 0 Å². The highest BCUT2D eigenvalue weighted by Crippen LogP contribution is 2.29. The summed E-state index contributed by atoms with van der Waals surface area (Å²) in [5, 5.41) is 19.8. The summed E-state index contributed by atoms with van der Waals surface area (Å²) in [5.74, 6) is 1.37. The topological polar surface area (TPSA) is 120 Å². The third-order valence-electron chi connectivity index (χ3n) is 8.02. The van der Waals surface area contributed by atoms with Gasteiger partial charge in [-0.05, 0) is 48.1 Å². The van der Waals surface area contributed by atoms with Crippen molar-refractivity contribution in [3.05, 3.63) is 128 Å². The first kappa shape index (κ1) is 36.6. The van der Waals surface area contributed by atoms with Crippen molar-refractivity contribution in [3.63, 3.8) is 0 Å². The van der Waals surface area contributed by atoms with Gasteiger partial charge in [0, 0.05) is 40.7 Å². The van der Waals surface area contributed by atoms with Gasteiger partial charge < -0.3 is 24.5 Å². The molecule has 2 aromatic heterocycles. The molecule has 12 heteroatoms. The molecule has 0 unspecified atom stereocenters. The van der Waals surface area contributed by atoms with Gasteiger partial charge in [0.1, 0.15) is 35.6 Å². The smallest absolute Gasteiger partial charge is 0.320 e. The van der Waals surface area contributed by atoms with Crippen molar-refractivity contribution in [3.8, 4) is 17.2 Å². The Kier molecular flexibility index (Phi) is 11.9. The van der Waals surface area contributed by atoms with Crippen molar-refractivity contribution in [2.45, 2.75) is 57.7 Å². The predicted molar refractivity (Wildman–Crippen MR) is 199 cm³/mol. The third-order valence-corrected chi connectivity index (χ3v) is 9.20. The summed E-state index contributed by atoms with van der Waals surface area (Å²) < 4.78 is 15.0. The van der Waals surface area contributed by atoms with Crippen LogP contribution >= 0.6 is 23.4 Å². The maximum atomic E-state index is 13.3. The summed E-state index contributed by atoms with van der Waals surface area (Å²) >= 11 is 8.19. The van der Waals surface area contributed by atoms with Crippen LogP contribution in [0.4, 0.5) is 10.6 Å². The number of pyridine rings is 1.